The number of para-hydroxylation sites is 1. The molecule has 0 atom stereocenters. The molecule has 3 rings (SSSR count). The summed E-state index contributed by atoms with van der Waals surface area (Å²) in [5.74, 6) is 6.35. The van der Waals surface area contributed by atoms with Crippen LogP contribution in [0.25, 0.3) is 0 Å². The van der Waals surface area contributed by atoms with Crippen molar-refractivity contribution in [1.29, 1.82) is 0 Å². The fraction of sp³-hybridized carbons (Fsp3) is 0.214. The minimum absolute atomic E-state index is 0.751. The lowest BCUT2D eigenvalue weighted by molar-refractivity contribution is 0.914. The SMILES string of the molecule is NNC(=Nc1ccccc1)c1cc2c(s1)CCC2. The van der Waals surface area contributed by atoms with Crippen LogP contribution in [0.5, 0.6) is 0 Å². The van der Waals surface area contributed by atoms with Gasteiger partial charge in [0.05, 0.1) is 10.6 Å². The molecule has 1 aromatic heterocycles. The highest BCUT2D eigenvalue weighted by molar-refractivity contribution is 7.14. The third-order valence-electron chi connectivity index (χ3n) is 3.11. The molecule has 1 aromatic carbocycles. The smallest absolute Gasteiger partial charge is 0.158 e. The van der Waals surface area contributed by atoms with Gasteiger partial charge in [0.1, 0.15) is 0 Å². The highest BCUT2D eigenvalue weighted by Crippen LogP contribution is 2.31. The van der Waals surface area contributed by atoms with Crippen molar-refractivity contribution < 1.29 is 0 Å². The quantitative estimate of drug-likeness (QED) is 0.376. The molecule has 3 N–H and O–H groups in total. The van der Waals surface area contributed by atoms with Crippen molar-refractivity contribution in [2.45, 2.75) is 19.3 Å². The van der Waals surface area contributed by atoms with Crippen LogP contribution in [-0.2, 0) is 12.8 Å². The zero-order valence-corrected chi connectivity index (χ0v) is 10.8. The van der Waals surface area contributed by atoms with E-state index in [1.165, 1.54) is 29.7 Å². The van der Waals surface area contributed by atoms with Gasteiger partial charge in [0.15, 0.2) is 5.84 Å². The summed E-state index contributed by atoms with van der Waals surface area (Å²) < 4.78 is 0. The Morgan fingerprint density at radius 3 is 2.78 bits per heavy atom. The maximum absolute atomic E-state index is 5.60. The molecule has 0 amide bonds. The number of thiophene rings is 1. The minimum atomic E-state index is 0.751. The second-order valence-electron chi connectivity index (χ2n) is 4.35. The second kappa shape index (κ2) is 4.92. The largest absolute Gasteiger partial charge is 0.307 e. The van der Waals surface area contributed by atoms with E-state index in [1.807, 2.05) is 30.3 Å². The Kier molecular flexibility index (Phi) is 3.13. The Labute approximate surface area is 110 Å². The summed E-state index contributed by atoms with van der Waals surface area (Å²) in [6.07, 6.45) is 3.67. The first kappa shape index (κ1) is 11.4. The number of fused-ring (bicyclic) bond motifs is 1. The Morgan fingerprint density at radius 1 is 1.22 bits per heavy atom. The van der Waals surface area contributed by atoms with Gasteiger partial charge in [-0.05, 0) is 43.0 Å². The Hall–Kier alpha value is -1.65. The molecule has 1 aliphatic rings. The second-order valence-corrected chi connectivity index (χ2v) is 5.49. The molecule has 0 radical (unpaired) electrons. The first-order valence-electron chi connectivity index (χ1n) is 6.09. The zero-order valence-electron chi connectivity index (χ0n) is 10.0. The third kappa shape index (κ3) is 2.17. The summed E-state index contributed by atoms with van der Waals surface area (Å²) in [7, 11) is 0. The lowest BCUT2D eigenvalue weighted by Crippen LogP contribution is -2.30. The topological polar surface area (TPSA) is 50.4 Å². The number of nitrogens with two attached hydrogens (primary N) is 1. The van der Waals surface area contributed by atoms with Gasteiger partial charge in [0, 0.05) is 4.88 Å². The van der Waals surface area contributed by atoms with Crippen LogP contribution in [0.3, 0.4) is 0 Å². The number of amidine groups is 1. The van der Waals surface area contributed by atoms with Crippen molar-refractivity contribution in [2.24, 2.45) is 10.8 Å². The van der Waals surface area contributed by atoms with Gasteiger partial charge in [-0.25, -0.2) is 10.8 Å². The highest BCUT2D eigenvalue weighted by atomic mass is 32.1. The van der Waals surface area contributed by atoms with E-state index in [2.05, 4.69) is 16.5 Å². The Bertz CT molecular complexity index is 550. The number of rotatable bonds is 2. The molecule has 0 fully saturated rings. The molecule has 18 heavy (non-hydrogen) atoms. The molecule has 0 saturated carbocycles. The molecule has 0 unspecified atom stereocenters. The summed E-state index contributed by atoms with van der Waals surface area (Å²) in [6.45, 7) is 0. The van der Waals surface area contributed by atoms with Crippen LogP contribution in [0.15, 0.2) is 41.4 Å². The molecule has 92 valence electrons. The predicted molar refractivity (Wildman–Crippen MR) is 76.3 cm³/mol. The zero-order chi connectivity index (χ0) is 12.4. The molecule has 1 aliphatic carbocycles. The lowest BCUT2D eigenvalue weighted by Gasteiger charge is -2.03. The van der Waals surface area contributed by atoms with Crippen LogP contribution in [0.2, 0.25) is 0 Å². The summed E-state index contributed by atoms with van der Waals surface area (Å²) >= 11 is 1.80. The standard InChI is InChI=1S/C14H15N3S/c15-17-14(16-11-6-2-1-3-7-11)13-9-10-5-4-8-12(10)18-13/h1-3,6-7,9H,4-5,8,15H2,(H,16,17). The number of aliphatic imine (C=N–C) groups is 1. The maximum Gasteiger partial charge on any atom is 0.158 e. The van der Waals surface area contributed by atoms with Crippen molar-refractivity contribution >= 4 is 22.9 Å². The van der Waals surface area contributed by atoms with Crippen molar-refractivity contribution in [3.8, 4) is 0 Å². The minimum Gasteiger partial charge on any atom is -0.307 e. The molecule has 0 aliphatic heterocycles. The molecule has 1 heterocycles. The van der Waals surface area contributed by atoms with E-state index < -0.39 is 0 Å². The predicted octanol–water partition coefficient (Wildman–Crippen LogP) is 2.78. The first-order chi connectivity index (χ1) is 8.86. The van der Waals surface area contributed by atoms with Gasteiger partial charge in [0.25, 0.3) is 0 Å². The fourth-order valence-electron chi connectivity index (χ4n) is 2.24. The molecule has 0 saturated heterocycles. The van der Waals surface area contributed by atoms with E-state index in [0.717, 1.165) is 16.4 Å². The van der Waals surface area contributed by atoms with Crippen LogP contribution in [0, 0.1) is 0 Å². The number of hydrazine groups is 1. The number of aryl methyl sites for hydroxylation is 2. The number of hydrogen-bond donors (Lipinski definition) is 2. The van der Waals surface area contributed by atoms with Crippen LogP contribution in [0.1, 0.15) is 21.7 Å². The number of hydrogen-bond acceptors (Lipinski definition) is 3. The molecule has 0 spiro atoms. The van der Waals surface area contributed by atoms with Crippen LogP contribution in [0.4, 0.5) is 5.69 Å². The van der Waals surface area contributed by atoms with Crippen molar-refractivity contribution in [3.05, 3.63) is 51.7 Å². The van der Waals surface area contributed by atoms with Crippen LogP contribution in [-0.4, -0.2) is 5.84 Å². The summed E-state index contributed by atoms with van der Waals surface area (Å²) in [5.41, 5.74) is 5.10. The van der Waals surface area contributed by atoms with E-state index >= 15 is 0 Å². The van der Waals surface area contributed by atoms with Gasteiger partial charge in [-0.1, -0.05) is 18.2 Å². The Balaban J connectivity index is 1.94. The molecule has 3 nitrogen and oxygen atoms in total. The van der Waals surface area contributed by atoms with Gasteiger partial charge in [-0.2, -0.15) is 0 Å². The molecular weight excluding hydrogens is 242 g/mol. The molecule has 4 heteroatoms. The van der Waals surface area contributed by atoms with E-state index in [0.29, 0.717) is 0 Å². The van der Waals surface area contributed by atoms with Gasteiger partial charge in [-0.3, -0.25) is 0 Å². The van der Waals surface area contributed by atoms with Gasteiger partial charge in [-0.15, -0.1) is 11.3 Å². The molecule has 2 aromatic rings. The third-order valence-corrected chi connectivity index (χ3v) is 4.36. The highest BCUT2D eigenvalue weighted by Gasteiger charge is 2.17. The number of nitrogens with one attached hydrogen (secondary N) is 1. The van der Waals surface area contributed by atoms with Gasteiger partial charge < -0.3 is 5.43 Å². The van der Waals surface area contributed by atoms with E-state index in [4.69, 9.17) is 5.84 Å². The average Bonchev–Trinajstić information content (AvgIpc) is 2.98. The number of nitrogens with zero attached hydrogens (tertiary/aromatic N) is 1. The fourth-order valence-corrected chi connectivity index (χ4v) is 3.44. The van der Waals surface area contributed by atoms with Gasteiger partial charge in [0.2, 0.25) is 0 Å². The average molecular weight is 257 g/mol. The maximum atomic E-state index is 5.60. The summed E-state index contributed by atoms with van der Waals surface area (Å²) in [6, 6.07) is 12.1. The van der Waals surface area contributed by atoms with Crippen molar-refractivity contribution in [3.63, 3.8) is 0 Å². The number of benzene rings is 1. The van der Waals surface area contributed by atoms with Crippen molar-refractivity contribution in [1.82, 2.24) is 5.43 Å². The summed E-state index contributed by atoms with van der Waals surface area (Å²) in [5, 5.41) is 0. The van der Waals surface area contributed by atoms with E-state index in [9.17, 15) is 0 Å². The van der Waals surface area contributed by atoms with Crippen LogP contribution < -0.4 is 11.3 Å². The normalized spacial score (nSPS) is 14.6. The van der Waals surface area contributed by atoms with Gasteiger partial charge >= 0.3 is 0 Å². The van der Waals surface area contributed by atoms with Crippen LogP contribution >= 0.6 is 11.3 Å². The first-order valence-corrected chi connectivity index (χ1v) is 6.91. The molecule has 0 bridgehead atoms. The Morgan fingerprint density at radius 2 is 2.06 bits per heavy atom. The van der Waals surface area contributed by atoms with E-state index in [-0.39, 0.29) is 0 Å². The summed E-state index contributed by atoms with van der Waals surface area (Å²) in [4.78, 5) is 7.17. The van der Waals surface area contributed by atoms with E-state index in [1.54, 1.807) is 11.3 Å². The molecular formula is C14H15N3S. The van der Waals surface area contributed by atoms with Crippen molar-refractivity contribution in [2.75, 3.05) is 0 Å². The lowest BCUT2D eigenvalue weighted by atomic mass is 10.2. The monoisotopic (exact) mass is 257 g/mol.